The lowest BCUT2D eigenvalue weighted by molar-refractivity contribution is 0.352. The van der Waals surface area contributed by atoms with Gasteiger partial charge >= 0.3 is 0 Å². The molecule has 1 atom stereocenters. The van der Waals surface area contributed by atoms with Crippen LogP contribution in [0, 0.1) is 5.92 Å². The summed E-state index contributed by atoms with van der Waals surface area (Å²) in [6, 6.07) is 4.46. The number of rotatable bonds is 5. The molecule has 18 heavy (non-hydrogen) atoms. The molecule has 1 unspecified atom stereocenters. The van der Waals surface area contributed by atoms with Crippen molar-refractivity contribution in [3.8, 4) is 10.7 Å². The van der Waals surface area contributed by atoms with Gasteiger partial charge in [0.25, 0.3) is 0 Å². The van der Waals surface area contributed by atoms with Gasteiger partial charge in [-0.1, -0.05) is 5.16 Å². The number of aromatic nitrogens is 2. The van der Waals surface area contributed by atoms with Crippen molar-refractivity contribution in [2.24, 2.45) is 5.92 Å². The van der Waals surface area contributed by atoms with E-state index in [0.29, 0.717) is 11.9 Å². The summed E-state index contributed by atoms with van der Waals surface area (Å²) in [5, 5.41) is 7.38. The van der Waals surface area contributed by atoms with Crippen LogP contribution in [0.1, 0.15) is 18.7 Å². The lowest BCUT2D eigenvalue weighted by Crippen LogP contribution is -2.29. The van der Waals surface area contributed by atoms with Gasteiger partial charge in [-0.25, -0.2) is 0 Å². The molecule has 4 nitrogen and oxygen atoms in total. The Kier molecular flexibility index (Phi) is 3.50. The number of halogens is 1. The molecule has 1 saturated carbocycles. The molecule has 6 heteroatoms. The molecule has 0 amide bonds. The first-order chi connectivity index (χ1) is 8.76. The molecule has 1 fully saturated rings. The Bertz CT molecular complexity index is 535. The summed E-state index contributed by atoms with van der Waals surface area (Å²) in [5.74, 6) is 2.19. The fourth-order valence-electron chi connectivity index (χ4n) is 2.06. The van der Waals surface area contributed by atoms with Crippen molar-refractivity contribution in [2.75, 3.05) is 7.05 Å². The standard InChI is InChI=1S/C12H14BrN3OS/c1-14-8(7-2-3-7)6-11-15-12(16-17-11)9-4-5-10(13)18-9/h4-5,7-8,14H,2-3,6H2,1H3. The zero-order valence-electron chi connectivity index (χ0n) is 10.0. The lowest BCUT2D eigenvalue weighted by Gasteiger charge is -2.11. The van der Waals surface area contributed by atoms with E-state index in [1.165, 1.54) is 12.8 Å². The quantitative estimate of drug-likeness (QED) is 0.916. The van der Waals surface area contributed by atoms with E-state index in [1.54, 1.807) is 11.3 Å². The third-order valence-electron chi connectivity index (χ3n) is 3.22. The Morgan fingerprint density at radius 3 is 3.00 bits per heavy atom. The molecule has 96 valence electrons. The first-order valence-electron chi connectivity index (χ1n) is 6.02. The van der Waals surface area contributed by atoms with E-state index in [4.69, 9.17) is 4.52 Å². The molecule has 0 saturated heterocycles. The van der Waals surface area contributed by atoms with Gasteiger partial charge in [0.1, 0.15) is 0 Å². The van der Waals surface area contributed by atoms with Gasteiger partial charge in [-0.05, 0) is 53.9 Å². The highest BCUT2D eigenvalue weighted by Gasteiger charge is 2.31. The van der Waals surface area contributed by atoms with E-state index in [9.17, 15) is 0 Å². The predicted octanol–water partition coefficient (Wildman–Crippen LogP) is 3.10. The van der Waals surface area contributed by atoms with Crippen molar-refractivity contribution in [3.05, 3.63) is 21.8 Å². The Morgan fingerprint density at radius 1 is 1.56 bits per heavy atom. The van der Waals surface area contributed by atoms with Gasteiger partial charge < -0.3 is 9.84 Å². The predicted molar refractivity (Wildman–Crippen MR) is 74.6 cm³/mol. The minimum Gasteiger partial charge on any atom is -0.339 e. The van der Waals surface area contributed by atoms with E-state index >= 15 is 0 Å². The van der Waals surface area contributed by atoms with Gasteiger partial charge in [-0.15, -0.1) is 11.3 Å². The van der Waals surface area contributed by atoms with Crippen LogP contribution in [-0.2, 0) is 6.42 Å². The van der Waals surface area contributed by atoms with Crippen LogP contribution in [0.5, 0.6) is 0 Å². The normalized spacial score (nSPS) is 17.0. The number of hydrogen-bond donors (Lipinski definition) is 1. The summed E-state index contributed by atoms with van der Waals surface area (Å²) in [6.07, 6.45) is 3.44. The summed E-state index contributed by atoms with van der Waals surface area (Å²) >= 11 is 5.05. The van der Waals surface area contributed by atoms with Crippen LogP contribution in [0.4, 0.5) is 0 Å². The molecule has 0 spiro atoms. The van der Waals surface area contributed by atoms with Gasteiger partial charge in [-0.3, -0.25) is 0 Å². The third kappa shape index (κ3) is 2.65. The SMILES string of the molecule is CNC(Cc1nc(-c2ccc(Br)s2)no1)C1CC1. The number of nitrogens with one attached hydrogen (secondary N) is 1. The van der Waals surface area contributed by atoms with E-state index in [1.807, 2.05) is 19.2 Å². The van der Waals surface area contributed by atoms with Crippen molar-refractivity contribution in [1.29, 1.82) is 0 Å². The highest BCUT2D eigenvalue weighted by atomic mass is 79.9. The van der Waals surface area contributed by atoms with E-state index in [2.05, 4.69) is 31.4 Å². The molecule has 2 aromatic heterocycles. The lowest BCUT2D eigenvalue weighted by atomic mass is 10.1. The van der Waals surface area contributed by atoms with Gasteiger partial charge in [0.15, 0.2) is 0 Å². The molecular formula is C12H14BrN3OS. The number of likely N-dealkylation sites (N-methyl/N-ethyl adjacent to an activating group) is 1. The fraction of sp³-hybridized carbons (Fsp3) is 0.500. The zero-order chi connectivity index (χ0) is 12.5. The maximum atomic E-state index is 5.33. The largest absolute Gasteiger partial charge is 0.339 e. The number of nitrogens with zero attached hydrogens (tertiary/aromatic N) is 2. The summed E-state index contributed by atoms with van der Waals surface area (Å²) < 4.78 is 6.41. The van der Waals surface area contributed by atoms with Gasteiger partial charge in [0.2, 0.25) is 11.7 Å². The second-order valence-electron chi connectivity index (χ2n) is 4.55. The topological polar surface area (TPSA) is 51.0 Å². The minimum absolute atomic E-state index is 0.466. The van der Waals surface area contributed by atoms with Crippen LogP contribution in [0.2, 0.25) is 0 Å². The van der Waals surface area contributed by atoms with Crippen molar-refractivity contribution in [3.63, 3.8) is 0 Å². The highest BCUT2D eigenvalue weighted by molar-refractivity contribution is 9.11. The molecule has 0 aliphatic heterocycles. The maximum absolute atomic E-state index is 5.33. The molecule has 3 rings (SSSR count). The molecule has 1 N–H and O–H groups in total. The van der Waals surface area contributed by atoms with Gasteiger partial charge in [-0.2, -0.15) is 4.98 Å². The van der Waals surface area contributed by atoms with Crippen LogP contribution in [-0.4, -0.2) is 23.2 Å². The van der Waals surface area contributed by atoms with Crippen LogP contribution < -0.4 is 5.32 Å². The summed E-state index contributed by atoms with van der Waals surface area (Å²) in [7, 11) is 2.00. The molecule has 2 aromatic rings. The van der Waals surface area contributed by atoms with Gasteiger partial charge in [0, 0.05) is 12.5 Å². The average molecular weight is 328 g/mol. The monoisotopic (exact) mass is 327 g/mol. The van der Waals surface area contributed by atoms with E-state index in [0.717, 1.165) is 26.9 Å². The molecule has 0 aromatic carbocycles. The first-order valence-corrected chi connectivity index (χ1v) is 7.63. The van der Waals surface area contributed by atoms with Crippen molar-refractivity contribution >= 4 is 27.3 Å². The Balaban J connectivity index is 1.72. The second-order valence-corrected chi connectivity index (χ2v) is 7.02. The summed E-state index contributed by atoms with van der Waals surface area (Å²) in [4.78, 5) is 5.50. The minimum atomic E-state index is 0.466. The smallest absolute Gasteiger partial charge is 0.228 e. The molecule has 0 bridgehead atoms. The van der Waals surface area contributed by atoms with Crippen molar-refractivity contribution in [1.82, 2.24) is 15.5 Å². The number of hydrogen-bond acceptors (Lipinski definition) is 5. The van der Waals surface area contributed by atoms with Gasteiger partial charge in [0.05, 0.1) is 8.66 Å². The van der Waals surface area contributed by atoms with Crippen LogP contribution in [0.15, 0.2) is 20.4 Å². The third-order valence-corrected chi connectivity index (χ3v) is 4.84. The molecule has 2 heterocycles. The van der Waals surface area contributed by atoms with Crippen LogP contribution >= 0.6 is 27.3 Å². The molecule has 1 aliphatic carbocycles. The Labute approximate surface area is 118 Å². The van der Waals surface area contributed by atoms with E-state index in [-0.39, 0.29) is 0 Å². The Morgan fingerprint density at radius 2 is 2.39 bits per heavy atom. The van der Waals surface area contributed by atoms with Crippen LogP contribution in [0.25, 0.3) is 10.7 Å². The van der Waals surface area contributed by atoms with Crippen molar-refractivity contribution in [2.45, 2.75) is 25.3 Å². The van der Waals surface area contributed by atoms with Crippen molar-refractivity contribution < 1.29 is 4.52 Å². The maximum Gasteiger partial charge on any atom is 0.228 e. The number of thiophene rings is 1. The Hall–Kier alpha value is -0.720. The molecule has 0 radical (unpaired) electrons. The zero-order valence-corrected chi connectivity index (χ0v) is 12.4. The first kappa shape index (κ1) is 12.3. The second kappa shape index (κ2) is 5.11. The molecular weight excluding hydrogens is 314 g/mol. The average Bonchev–Trinajstić information content (AvgIpc) is 2.94. The highest BCUT2D eigenvalue weighted by Crippen LogP contribution is 2.34. The molecule has 1 aliphatic rings. The summed E-state index contributed by atoms with van der Waals surface area (Å²) in [5.41, 5.74) is 0. The summed E-state index contributed by atoms with van der Waals surface area (Å²) in [6.45, 7) is 0. The van der Waals surface area contributed by atoms with Crippen LogP contribution in [0.3, 0.4) is 0 Å². The van der Waals surface area contributed by atoms with E-state index < -0.39 is 0 Å². The fourth-order valence-corrected chi connectivity index (χ4v) is 3.38.